The van der Waals surface area contributed by atoms with Gasteiger partial charge in [0.1, 0.15) is 11.9 Å². The first-order valence-corrected chi connectivity index (χ1v) is 6.28. The molecule has 0 saturated carbocycles. The minimum atomic E-state index is -0.239. The predicted octanol–water partition coefficient (Wildman–Crippen LogP) is 0.986. The molecule has 5 heteroatoms. The number of aryl methyl sites for hydroxylation is 1. The molecule has 1 aromatic heterocycles. The number of aliphatic hydroxyl groups is 1. The van der Waals surface area contributed by atoms with E-state index >= 15 is 0 Å². The number of anilines is 1. The lowest BCUT2D eigenvalue weighted by atomic mass is 10.2. The Bertz CT molecular complexity index is 392. The molecule has 1 atom stereocenters. The fourth-order valence-corrected chi connectivity index (χ4v) is 1.88. The van der Waals surface area contributed by atoms with Crippen LogP contribution >= 0.6 is 0 Å². The van der Waals surface area contributed by atoms with Crippen LogP contribution in [-0.2, 0) is 4.74 Å². The normalized spacial score (nSPS) is 17.6. The Balaban J connectivity index is 2.14. The molecule has 1 N–H and O–H groups in total. The largest absolute Gasteiger partial charge is 0.472 e. The zero-order valence-electron chi connectivity index (χ0n) is 10.9. The summed E-state index contributed by atoms with van der Waals surface area (Å²) in [4.78, 5) is 6.67. The first-order valence-electron chi connectivity index (χ1n) is 6.28. The van der Waals surface area contributed by atoms with E-state index in [1.165, 1.54) is 0 Å². The molecule has 5 nitrogen and oxygen atoms in total. The van der Waals surface area contributed by atoms with Crippen LogP contribution in [0.3, 0.4) is 0 Å². The second-order valence-corrected chi connectivity index (χ2v) is 4.55. The minimum absolute atomic E-state index is 0.0114. The highest BCUT2D eigenvalue weighted by Gasteiger charge is 2.14. The maximum Gasteiger partial charge on any atom is 0.215 e. The number of morpholine rings is 1. The second-order valence-electron chi connectivity index (χ2n) is 4.55. The summed E-state index contributed by atoms with van der Waals surface area (Å²) in [5.41, 5.74) is 1.10. The summed E-state index contributed by atoms with van der Waals surface area (Å²) >= 11 is 0. The van der Waals surface area contributed by atoms with Gasteiger partial charge in [-0.3, -0.25) is 0 Å². The molecular weight excluding hydrogens is 232 g/mol. The lowest BCUT2D eigenvalue weighted by Gasteiger charge is -2.28. The van der Waals surface area contributed by atoms with E-state index in [9.17, 15) is 0 Å². The van der Waals surface area contributed by atoms with Crippen molar-refractivity contribution in [2.75, 3.05) is 37.8 Å². The van der Waals surface area contributed by atoms with Crippen molar-refractivity contribution in [3.8, 4) is 5.88 Å². The third-order valence-electron chi connectivity index (χ3n) is 2.85. The molecule has 0 bridgehead atoms. The highest BCUT2D eigenvalue weighted by Crippen LogP contribution is 2.20. The van der Waals surface area contributed by atoms with E-state index in [4.69, 9.17) is 14.6 Å². The number of hydrogen-bond acceptors (Lipinski definition) is 5. The molecule has 1 saturated heterocycles. The molecule has 2 rings (SSSR count). The Kier molecular flexibility index (Phi) is 4.38. The number of rotatable bonds is 4. The summed E-state index contributed by atoms with van der Waals surface area (Å²) in [5, 5.41) is 9.00. The summed E-state index contributed by atoms with van der Waals surface area (Å²) in [6.07, 6.45) is -0.239. The van der Waals surface area contributed by atoms with Crippen LogP contribution in [0.2, 0.25) is 0 Å². The van der Waals surface area contributed by atoms with E-state index in [1.54, 1.807) is 0 Å². The fraction of sp³-hybridized carbons (Fsp3) is 0.615. The Hall–Kier alpha value is -1.33. The van der Waals surface area contributed by atoms with Crippen LogP contribution < -0.4 is 9.64 Å². The highest BCUT2D eigenvalue weighted by molar-refractivity contribution is 5.44. The maximum atomic E-state index is 9.00. The molecule has 0 aliphatic carbocycles. The van der Waals surface area contributed by atoms with Gasteiger partial charge >= 0.3 is 0 Å². The molecule has 0 spiro atoms. The van der Waals surface area contributed by atoms with E-state index in [-0.39, 0.29) is 12.7 Å². The van der Waals surface area contributed by atoms with Crippen LogP contribution in [0.25, 0.3) is 0 Å². The summed E-state index contributed by atoms with van der Waals surface area (Å²) in [7, 11) is 0. The molecule has 0 radical (unpaired) electrons. The number of aromatic nitrogens is 1. The fourth-order valence-electron chi connectivity index (χ4n) is 1.88. The number of pyridine rings is 1. The van der Waals surface area contributed by atoms with Gasteiger partial charge in [0, 0.05) is 19.2 Å². The van der Waals surface area contributed by atoms with Crippen molar-refractivity contribution in [2.45, 2.75) is 20.0 Å². The molecule has 1 aliphatic heterocycles. The van der Waals surface area contributed by atoms with Crippen molar-refractivity contribution in [2.24, 2.45) is 0 Å². The van der Waals surface area contributed by atoms with E-state index < -0.39 is 0 Å². The van der Waals surface area contributed by atoms with Crippen LogP contribution in [0.15, 0.2) is 12.1 Å². The lowest BCUT2D eigenvalue weighted by Crippen LogP contribution is -2.36. The molecule has 1 aliphatic rings. The van der Waals surface area contributed by atoms with Crippen LogP contribution in [0.4, 0.5) is 5.82 Å². The SMILES string of the molecule is Cc1cc(OC(C)CO)nc(N2CCOCC2)c1. The van der Waals surface area contributed by atoms with Crippen molar-refractivity contribution in [3.63, 3.8) is 0 Å². The number of hydrogen-bond donors (Lipinski definition) is 1. The third-order valence-corrected chi connectivity index (χ3v) is 2.85. The molecular formula is C13H20N2O3. The smallest absolute Gasteiger partial charge is 0.215 e. The molecule has 1 fully saturated rings. The molecule has 0 aromatic carbocycles. The Labute approximate surface area is 107 Å². The molecule has 0 amide bonds. The van der Waals surface area contributed by atoms with Crippen molar-refractivity contribution in [3.05, 3.63) is 17.7 Å². The quantitative estimate of drug-likeness (QED) is 0.866. The molecule has 100 valence electrons. The van der Waals surface area contributed by atoms with Gasteiger partial charge in [-0.15, -0.1) is 0 Å². The Morgan fingerprint density at radius 1 is 1.44 bits per heavy atom. The van der Waals surface area contributed by atoms with E-state index in [0.29, 0.717) is 5.88 Å². The number of nitrogens with zero attached hydrogens (tertiary/aromatic N) is 2. The van der Waals surface area contributed by atoms with Gasteiger partial charge < -0.3 is 19.5 Å². The second kappa shape index (κ2) is 6.02. The zero-order valence-corrected chi connectivity index (χ0v) is 10.9. The van der Waals surface area contributed by atoms with E-state index in [1.807, 2.05) is 26.0 Å². The highest BCUT2D eigenvalue weighted by atomic mass is 16.5. The minimum Gasteiger partial charge on any atom is -0.472 e. The molecule has 18 heavy (non-hydrogen) atoms. The van der Waals surface area contributed by atoms with Crippen LogP contribution in [0, 0.1) is 6.92 Å². The summed E-state index contributed by atoms with van der Waals surface area (Å²) < 4.78 is 10.9. The van der Waals surface area contributed by atoms with Gasteiger partial charge in [-0.25, -0.2) is 0 Å². The molecule has 1 unspecified atom stereocenters. The van der Waals surface area contributed by atoms with Crippen molar-refractivity contribution < 1.29 is 14.6 Å². The van der Waals surface area contributed by atoms with E-state index in [2.05, 4.69) is 9.88 Å². The van der Waals surface area contributed by atoms with Crippen molar-refractivity contribution in [1.29, 1.82) is 0 Å². The van der Waals surface area contributed by atoms with Gasteiger partial charge in [0.05, 0.1) is 19.8 Å². The summed E-state index contributed by atoms with van der Waals surface area (Å²) in [6, 6.07) is 3.93. The van der Waals surface area contributed by atoms with Gasteiger partial charge in [-0.1, -0.05) is 0 Å². The van der Waals surface area contributed by atoms with Crippen molar-refractivity contribution >= 4 is 5.82 Å². The topological polar surface area (TPSA) is 54.8 Å². The number of ether oxygens (including phenoxy) is 2. The Morgan fingerprint density at radius 3 is 2.83 bits per heavy atom. The molecule has 1 aromatic rings. The van der Waals surface area contributed by atoms with Crippen LogP contribution in [0.5, 0.6) is 5.88 Å². The predicted molar refractivity (Wildman–Crippen MR) is 69.2 cm³/mol. The average Bonchev–Trinajstić information content (AvgIpc) is 2.39. The summed E-state index contributed by atoms with van der Waals surface area (Å²) in [5.74, 6) is 1.48. The zero-order chi connectivity index (χ0) is 13.0. The van der Waals surface area contributed by atoms with E-state index in [0.717, 1.165) is 37.7 Å². The monoisotopic (exact) mass is 252 g/mol. The van der Waals surface area contributed by atoms with Crippen LogP contribution in [-0.4, -0.2) is 49.1 Å². The summed E-state index contributed by atoms with van der Waals surface area (Å²) in [6.45, 7) is 7.00. The first kappa shape index (κ1) is 13.1. The van der Waals surface area contributed by atoms with Gasteiger partial charge in [0.2, 0.25) is 5.88 Å². The average molecular weight is 252 g/mol. The van der Waals surface area contributed by atoms with Gasteiger partial charge in [-0.2, -0.15) is 4.98 Å². The van der Waals surface area contributed by atoms with Gasteiger partial charge in [-0.05, 0) is 25.5 Å². The Morgan fingerprint density at radius 2 is 2.17 bits per heavy atom. The molecule has 2 heterocycles. The first-order chi connectivity index (χ1) is 8.69. The third kappa shape index (κ3) is 3.34. The standard InChI is InChI=1S/C13H20N2O3/c1-10-7-12(15-3-5-17-6-4-15)14-13(8-10)18-11(2)9-16/h7-8,11,16H,3-6,9H2,1-2H3. The van der Waals surface area contributed by atoms with Gasteiger partial charge in [0.15, 0.2) is 0 Å². The van der Waals surface area contributed by atoms with Gasteiger partial charge in [0.25, 0.3) is 0 Å². The number of aliphatic hydroxyl groups excluding tert-OH is 1. The van der Waals surface area contributed by atoms with Crippen LogP contribution in [0.1, 0.15) is 12.5 Å². The maximum absolute atomic E-state index is 9.00. The van der Waals surface area contributed by atoms with Crippen molar-refractivity contribution in [1.82, 2.24) is 4.98 Å². The lowest BCUT2D eigenvalue weighted by molar-refractivity contribution is 0.120.